The van der Waals surface area contributed by atoms with Gasteiger partial charge in [0.2, 0.25) is 0 Å². The number of rotatable bonds is 5. The summed E-state index contributed by atoms with van der Waals surface area (Å²) in [4.78, 5) is 0. The van der Waals surface area contributed by atoms with Crippen LogP contribution in [-0.2, 0) is 4.74 Å². The van der Waals surface area contributed by atoms with Crippen LogP contribution < -0.4 is 5.32 Å². The molecule has 0 saturated carbocycles. The van der Waals surface area contributed by atoms with Crippen LogP contribution in [0.5, 0.6) is 0 Å². The number of terminal acetylenes is 1. The highest BCUT2D eigenvalue weighted by atomic mass is 16.5. The normalized spacial score (nSPS) is 13.0. The summed E-state index contributed by atoms with van der Waals surface area (Å²) in [6.45, 7) is 7.54. The fourth-order valence-corrected chi connectivity index (χ4v) is 0.629. The minimum absolute atomic E-state index is 0.144. The van der Waals surface area contributed by atoms with E-state index in [1.54, 1.807) is 0 Å². The smallest absolute Gasteiger partial charge is 0.0659 e. The van der Waals surface area contributed by atoms with E-state index in [1.807, 2.05) is 20.8 Å². The summed E-state index contributed by atoms with van der Waals surface area (Å²) >= 11 is 0. The predicted octanol–water partition coefficient (Wildman–Crippen LogP) is 1.02. The molecule has 0 aliphatic heterocycles. The van der Waals surface area contributed by atoms with Crippen molar-refractivity contribution in [3.8, 4) is 12.3 Å². The molecule has 0 aliphatic rings. The fraction of sp³-hybridized carbons (Fsp3) is 0.778. The van der Waals surface area contributed by atoms with Gasteiger partial charge in [-0.25, -0.2) is 0 Å². The monoisotopic (exact) mass is 155 g/mol. The zero-order chi connectivity index (χ0) is 8.69. The average Bonchev–Trinajstić information content (AvgIpc) is 1.97. The van der Waals surface area contributed by atoms with Crippen molar-refractivity contribution in [3.05, 3.63) is 0 Å². The highest BCUT2D eigenvalue weighted by Gasteiger charge is 1.95. The zero-order valence-electron chi connectivity index (χ0n) is 7.55. The van der Waals surface area contributed by atoms with Gasteiger partial charge in [-0.3, -0.25) is 0 Å². The van der Waals surface area contributed by atoms with Crippen molar-refractivity contribution in [2.75, 3.05) is 13.2 Å². The molecule has 0 aromatic rings. The molecular weight excluding hydrogens is 138 g/mol. The molecule has 0 aliphatic carbocycles. The molecule has 0 aromatic heterocycles. The molecule has 0 rings (SSSR count). The lowest BCUT2D eigenvalue weighted by Gasteiger charge is -2.09. The standard InChI is InChI=1S/C9H17NO/c1-5-9(4)10-6-7-11-8(2)3/h1,8-10H,6-7H2,2-4H3. The predicted molar refractivity (Wildman–Crippen MR) is 47.4 cm³/mol. The Balaban J connectivity index is 3.10. The van der Waals surface area contributed by atoms with Crippen LogP contribution in [0, 0.1) is 12.3 Å². The van der Waals surface area contributed by atoms with Crippen LogP contribution in [0.25, 0.3) is 0 Å². The van der Waals surface area contributed by atoms with Crippen molar-refractivity contribution in [3.63, 3.8) is 0 Å². The maximum Gasteiger partial charge on any atom is 0.0659 e. The van der Waals surface area contributed by atoms with Crippen LogP contribution in [0.2, 0.25) is 0 Å². The Hall–Kier alpha value is -0.520. The van der Waals surface area contributed by atoms with Crippen molar-refractivity contribution >= 4 is 0 Å². The van der Waals surface area contributed by atoms with Crippen molar-refractivity contribution in [2.24, 2.45) is 0 Å². The van der Waals surface area contributed by atoms with E-state index < -0.39 is 0 Å². The summed E-state index contributed by atoms with van der Waals surface area (Å²) in [7, 11) is 0. The van der Waals surface area contributed by atoms with Gasteiger partial charge in [-0.1, -0.05) is 5.92 Å². The summed E-state index contributed by atoms with van der Waals surface area (Å²) in [5, 5.41) is 3.13. The van der Waals surface area contributed by atoms with Crippen LogP contribution >= 0.6 is 0 Å². The van der Waals surface area contributed by atoms with Crippen LogP contribution in [0.3, 0.4) is 0 Å². The third-order valence-corrected chi connectivity index (χ3v) is 1.25. The second-order valence-electron chi connectivity index (χ2n) is 2.76. The molecule has 0 saturated heterocycles. The number of nitrogens with one attached hydrogen (secondary N) is 1. The van der Waals surface area contributed by atoms with Crippen molar-refractivity contribution in [2.45, 2.75) is 32.9 Å². The first-order chi connectivity index (χ1) is 5.16. The first-order valence-electron chi connectivity index (χ1n) is 3.98. The number of hydrogen-bond donors (Lipinski definition) is 1. The summed E-state index contributed by atoms with van der Waals surface area (Å²) in [5.41, 5.74) is 0. The quantitative estimate of drug-likeness (QED) is 0.473. The van der Waals surface area contributed by atoms with Gasteiger partial charge in [-0.05, 0) is 20.8 Å². The lowest BCUT2D eigenvalue weighted by molar-refractivity contribution is 0.0804. The highest BCUT2D eigenvalue weighted by Crippen LogP contribution is 1.85. The van der Waals surface area contributed by atoms with Gasteiger partial charge in [0.25, 0.3) is 0 Å². The van der Waals surface area contributed by atoms with Gasteiger partial charge in [0.05, 0.1) is 18.8 Å². The molecule has 1 unspecified atom stereocenters. The fourth-order valence-electron chi connectivity index (χ4n) is 0.629. The van der Waals surface area contributed by atoms with E-state index in [4.69, 9.17) is 11.2 Å². The molecule has 2 heteroatoms. The SMILES string of the molecule is C#CC(C)NCCOC(C)C. The molecule has 64 valence electrons. The van der Waals surface area contributed by atoms with Gasteiger partial charge in [0.15, 0.2) is 0 Å². The molecule has 0 spiro atoms. The molecule has 2 nitrogen and oxygen atoms in total. The zero-order valence-corrected chi connectivity index (χ0v) is 7.55. The summed E-state index contributed by atoms with van der Waals surface area (Å²) in [6, 6.07) is 0.144. The van der Waals surface area contributed by atoms with Crippen molar-refractivity contribution in [1.29, 1.82) is 0 Å². The third-order valence-electron chi connectivity index (χ3n) is 1.25. The van der Waals surface area contributed by atoms with Gasteiger partial charge in [-0.15, -0.1) is 6.42 Å². The maximum atomic E-state index is 5.31. The Morgan fingerprint density at radius 3 is 2.55 bits per heavy atom. The molecule has 11 heavy (non-hydrogen) atoms. The molecule has 1 atom stereocenters. The average molecular weight is 155 g/mol. The van der Waals surface area contributed by atoms with Crippen LogP contribution in [-0.4, -0.2) is 25.3 Å². The van der Waals surface area contributed by atoms with E-state index in [9.17, 15) is 0 Å². The Labute approximate surface area is 69.3 Å². The molecule has 0 radical (unpaired) electrons. The molecule has 0 amide bonds. The summed E-state index contributed by atoms with van der Waals surface area (Å²) in [6.07, 6.45) is 5.46. The van der Waals surface area contributed by atoms with Crippen LogP contribution in [0.4, 0.5) is 0 Å². The van der Waals surface area contributed by atoms with Gasteiger partial charge in [0, 0.05) is 6.54 Å². The van der Waals surface area contributed by atoms with Gasteiger partial charge < -0.3 is 10.1 Å². The lowest BCUT2D eigenvalue weighted by Crippen LogP contribution is -2.28. The maximum absolute atomic E-state index is 5.31. The summed E-state index contributed by atoms with van der Waals surface area (Å²) < 4.78 is 5.31. The molecule has 0 heterocycles. The summed E-state index contributed by atoms with van der Waals surface area (Å²) in [5.74, 6) is 2.59. The Morgan fingerprint density at radius 1 is 1.45 bits per heavy atom. The van der Waals surface area contributed by atoms with E-state index in [0.29, 0.717) is 6.10 Å². The second-order valence-corrected chi connectivity index (χ2v) is 2.76. The minimum atomic E-state index is 0.144. The molecule has 0 aromatic carbocycles. The van der Waals surface area contributed by atoms with Gasteiger partial charge in [0.1, 0.15) is 0 Å². The second kappa shape index (κ2) is 6.21. The van der Waals surface area contributed by atoms with Gasteiger partial charge >= 0.3 is 0 Å². The van der Waals surface area contributed by atoms with Gasteiger partial charge in [-0.2, -0.15) is 0 Å². The van der Waals surface area contributed by atoms with Crippen molar-refractivity contribution in [1.82, 2.24) is 5.32 Å². The minimum Gasteiger partial charge on any atom is -0.377 e. The first-order valence-corrected chi connectivity index (χ1v) is 3.98. The third kappa shape index (κ3) is 7.38. The highest BCUT2D eigenvalue weighted by molar-refractivity contribution is 4.95. The van der Waals surface area contributed by atoms with E-state index in [-0.39, 0.29) is 6.04 Å². The van der Waals surface area contributed by atoms with E-state index >= 15 is 0 Å². The van der Waals surface area contributed by atoms with E-state index in [2.05, 4.69) is 11.2 Å². The molecular formula is C9H17NO. The van der Waals surface area contributed by atoms with E-state index in [1.165, 1.54) is 0 Å². The topological polar surface area (TPSA) is 21.3 Å². The molecule has 0 fully saturated rings. The Bertz CT molecular complexity index is 126. The number of ether oxygens (including phenoxy) is 1. The molecule has 1 N–H and O–H groups in total. The Morgan fingerprint density at radius 2 is 2.09 bits per heavy atom. The van der Waals surface area contributed by atoms with Crippen LogP contribution in [0.15, 0.2) is 0 Å². The Kier molecular flexibility index (Phi) is 5.91. The number of hydrogen-bond acceptors (Lipinski definition) is 2. The van der Waals surface area contributed by atoms with Crippen LogP contribution in [0.1, 0.15) is 20.8 Å². The largest absolute Gasteiger partial charge is 0.377 e. The lowest BCUT2D eigenvalue weighted by atomic mass is 10.3. The first kappa shape index (κ1) is 10.5. The van der Waals surface area contributed by atoms with E-state index in [0.717, 1.165) is 13.2 Å². The van der Waals surface area contributed by atoms with Crippen molar-refractivity contribution < 1.29 is 4.74 Å². The molecule has 0 bridgehead atoms.